The van der Waals surface area contributed by atoms with Gasteiger partial charge in [0.05, 0.1) is 0 Å². The van der Waals surface area contributed by atoms with E-state index >= 15 is 0 Å². The number of hydrogen-bond donors (Lipinski definition) is 0. The van der Waals surface area contributed by atoms with Gasteiger partial charge >= 0.3 is 0 Å². The molecule has 1 atom stereocenters. The van der Waals surface area contributed by atoms with Gasteiger partial charge in [-0.3, -0.25) is 4.98 Å². The van der Waals surface area contributed by atoms with Gasteiger partial charge in [-0.15, -0.1) is 0 Å². The van der Waals surface area contributed by atoms with Crippen LogP contribution in [0.25, 0.3) is 11.1 Å². The molecule has 0 spiro atoms. The van der Waals surface area contributed by atoms with Crippen molar-refractivity contribution in [2.24, 2.45) is 4.99 Å². The Morgan fingerprint density at radius 2 is 1.22 bits per heavy atom. The molecule has 0 aliphatic carbocycles. The Morgan fingerprint density at radius 3 is 1.92 bits per heavy atom. The lowest BCUT2D eigenvalue weighted by atomic mass is 9.95. The van der Waals surface area contributed by atoms with E-state index in [4.69, 9.17) is 9.73 Å². The maximum atomic E-state index is 6.00. The van der Waals surface area contributed by atoms with Crippen LogP contribution < -0.4 is 15.9 Å². The van der Waals surface area contributed by atoms with Crippen molar-refractivity contribution in [3.05, 3.63) is 145 Å². The van der Waals surface area contributed by atoms with Crippen LogP contribution in [0.1, 0.15) is 17.3 Å². The largest absolute Gasteiger partial charge is 0.474 e. The fourth-order valence-electron chi connectivity index (χ4n) is 4.67. The lowest BCUT2D eigenvalue weighted by Gasteiger charge is -2.24. The number of nitrogens with zero attached hydrogens (tertiary/aromatic N) is 2. The number of rotatable bonds is 6. The molecule has 0 unspecified atom stereocenters. The lowest BCUT2D eigenvalue weighted by Crippen LogP contribution is -2.22. The van der Waals surface area contributed by atoms with E-state index in [2.05, 4.69) is 114 Å². The van der Waals surface area contributed by atoms with Crippen LogP contribution >= 0.6 is 7.92 Å². The highest BCUT2D eigenvalue weighted by Crippen LogP contribution is 2.39. The zero-order valence-corrected chi connectivity index (χ0v) is 20.6. The van der Waals surface area contributed by atoms with E-state index in [0.717, 1.165) is 5.69 Å². The molecule has 0 N–H and O–H groups in total. The maximum absolute atomic E-state index is 6.00. The molecular weight excluding hydrogens is 459 g/mol. The average Bonchev–Trinajstić information content (AvgIpc) is 3.46. The quantitative estimate of drug-likeness (QED) is 0.276. The number of ether oxygens (including phenoxy) is 1. The Hall–Kier alpha value is -4.07. The van der Waals surface area contributed by atoms with Gasteiger partial charge < -0.3 is 4.74 Å². The summed E-state index contributed by atoms with van der Waals surface area (Å²) in [7, 11) is -0.737. The van der Waals surface area contributed by atoms with E-state index < -0.39 is 7.92 Å². The Bertz CT molecular complexity index is 1450. The highest BCUT2D eigenvalue weighted by atomic mass is 31.1. The highest BCUT2D eigenvalue weighted by molar-refractivity contribution is 7.80. The van der Waals surface area contributed by atoms with E-state index in [1.807, 2.05) is 18.2 Å². The van der Waals surface area contributed by atoms with Crippen LogP contribution in [-0.4, -0.2) is 17.5 Å². The van der Waals surface area contributed by atoms with Crippen LogP contribution in [0.15, 0.2) is 139 Å². The second-order valence-electron chi connectivity index (χ2n) is 8.59. The number of aromatic nitrogens is 1. The molecule has 0 radical (unpaired) electrons. The van der Waals surface area contributed by atoms with E-state index in [-0.39, 0.29) is 6.04 Å². The molecule has 1 aliphatic heterocycles. The minimum absolute atomic E-state index is 0.0778. The minimum Gasteiger partial charge on any atom is -0.474 e. The number of benzene rings is 4. The summed E-state index contributed by atoms with van der Waals surface area (Å²) in [4.78, 5) is 9.36. The van der Waals surface area contributed by atoms with Crippen LogP contribution in [0.5, 0.6) is 0 Å². The van der Waals surface area contributed by atoms with Crippen molar-refractivity contribution in [2.45, 2.75) is 6.04 Å². The molecule has 0 saturated carbocycles. The van der Waals surface area contributed by atoms with Gasteiger partial charge in [-0.25, -0.2) is 4.99 Å². The molecule has 36 heavy (non-hydrogen) atoms. The van der Waals surface area contributed by atoms with Crippen molar-refractivity contribution in [1.82, 2.24) is 4.98 Å². The third-order valence-corrected chi connectivity index (χ3v) is 8.82. The van der Waals surface area contributed by atoms with Crippen molar-refractivity contribution in [1.29, 1.82) is 0 Å². The smallest absolute Gasteiger partial charge is 0.236 e. The van der Waals surface area contributed by atoms with Gasteiger partial charge in [0.1, 0.15) is 18.3 Å². The van der Waals surface area contributed by atoms with Gasteiger partial charge in [-0.2, -0.15) is 0 Å². The molecular formula is C32H25N2OP. The molecule has 174 valence electrons. The standard InChI is InChI=1S/C32H25N2OP/c1-3-13-24(14-4-1)36(25-15-5-2-6-16-25)31-21-10-9-19-28(31)26-17-7-8-18-27(26)30-23-35-32(34-30)29-20-11-12-22-33-29/h1-22,30H,23H2/t30-/m1/s1. The normalized spacial score (nSPS) is 14.9. The second-order valence-corrected chi connectivity index (χ2v) is 10.8. The summed E-state index contributed by atoms with van der Waals surface area (Å²) in [6.45, 7) is 0.511. The third-order valence-electron chi connectivity index (χ3n) is 6.32. The summed E-state index contributed by atoms with van der Waals surface area (Å²) in [6, 6.07) is 44.8. The molecule has 5 aromatic rings. The first-order chi connectivity index (χ1) is 17.9. The van der Waals surface area contributed by atoms with Crippen LogP contribution in [0.3, 0.4) is 0 Å². The molecule has 1 aliphatic rings. The summed E-state index contributed by atoms with van der Waals surface area (Å²) in [5.74, 6) is 0.611. The van der Waals surface area contributed by atoms with E-state index in [1.54, 1.807) is 6.20 Å². The minimum atomic E-state index is -0.737. The Morgan fingerprint density at radius 1 is 0.611 bits per heavy atom. The molecule has 1 aromatic heterocycles. The van der Waals surface area contributed by atoms with Crippen LogP contribution in [0.2, 0.25) is 0 Å². The second kappa shape index (κ2) is 10.3. The lowest BCUT2D eigenvalue weighted by molar-refractivity contribution is 0.319. The van der Waals surface area contributed by atoms with Crippen molar-refractivity contribution < 1.29 is 4.74 Å². The number of pyridine rings is 1. The zero-order chi connectivity index (χ0) is 24.2. The third kappa shape index (κ3) is 4.46. The van der Waals surface area contributed by atoms with Crippen molar-refractivity contribution in [2.75, 3.05) is 6.61 Å². The van der Waals surface area contributed by atoms with Gasteiger partial charge in [-0.1, -0.05) is 115 Å². The summed E-state index contributed by atoms with van der Waals surface area (Å²) >= 11 is 0. The Balaban J connectivity index is 1.47. The van der Waals surface area contributed by atoms with Gasteiger partial charge in [0.25, 0.3) is 0 Å². The summed E-state index contributed by atoms with van der Waals surface area (Å²) in [6.07, 6.45) is 1.77. The fourth-order valence-corrected chi connectivity index (χ4v) is 7.14. The average molecular weight is 485 g/mol. The predicted octanol–water partition coefficient (Wildman–Crippen LogP) is 6.02. The van der Waals surface area contributed by atoms with Crippen molar-refractivity contribution in [3.63, 3.8) is 0 Å². The molecule has 0 amide bonds. The number of hydrogen-bond acceptors (Lipinski definition) is 3. The van der Waals surface area contributed by atoms with E-state index in [9.17, 15) is 0 Å². The first-order valence-corrected chi connectivity index (χ1v) is 13.4. The molecule has 0 fully saturated rings. The monoisotopic (exact) mass is 484 g/mol. The van der Waals surface area contributed by atoms with Crippen molar-refractivity contribution >= 4 is 29.7 Å². The topological polar surface area (TPSA) is 34.5 Å². The maximum Gasteiger partial charge on any atom is 0.236 e. The van der Waals surface area contributed by atoms with E-state index in [0.29, 0.717) is 12.5 Å². The number of aliphatic imine (C=N–C) groups is 1. The van der Waals surface area contributed by atoms with Crippen LogP contribution in [-0.2, 0) is 4.74 Å². The van der Waals surface area contributed by atoms with Gasteiger partial charge in [0, 0.05) is 6.20 Å². The van der Waals surface area contributed by atoms with Crippen molar-refractivity contribution in [3.8, 4) is 11.1 Å². The highest BCUT2D eigenvalue weighted by Gasteiger charge is 2.27. The van der Waals surface area contributed by atoms with Gasteiger partial charge in [0.15, 0.2) is 0 Å². The van der Waals surface area contributed by atoms with Gasteiger partial charge in [0.2, 0.25) is 5.90 Å². The van der Waals surface area contributed by atoms with Gasteiger partial charge in [-0.05, 0) is 52.7 Å². The summed E-state index contributed by atoms with van der Waals surface area (Å²) in [5, 5.41) is 4.01. The first kappa shape index (κ1) is 22.4. The summed E-state index contributed by atoms with van der Waals surface area (Å²) < 4.78 is 6.00. The predicted molar refractivity (Wildman–Crippen MR) is 150 cm³/mol. The molecule has 3 nitrogen and oxygen atoms in total. The SMILES string of the molecule is c1ccc(P(c2ccccc2)c2ccccc2-c2ccccc2[C@H]2COC(c3ccccn3)=N2)cc1. The summed E-state index contributed by atoms with van der Waals surface area (Å²) in [5.41, 5.74) is 4.39. The first-order valence-electron chi connectivity index (χ1n) is 12.1. The molecule has 0 saturated heterocycles. The fraction of sp³-hybridized carbons (Fsp3) is 0.0625. The molecule has 4 heteroatoms. The zero-order valence-electron chi connectivity index (χ0n) is 19.7. The van der Waals surface area contributed by atoms with Crippen LogP contribution in [0.4, 0.5) is 0 Å². The Kier molecular flexibility index (Phi) is 6.39. The molecule has 0 bridgehead atoms. The molecule has 2 heterocycles. The molecule has 6 rings (SSSR count). The Labute approximate surface area is 212 Å². The van der Waals surface area contributed by atoms with E-state index in [1.165, 1.54) is 32.6 Å². The molecule has 4 aromatic carbocycles. The van der Waals surface area contributed by atoms with Crippen LogP contribution in [0, 0.1) is 0 Å².